The van der Waals surface area contributed by atoms with E-state index in [1.165, 1.54) is 0 Å². The highest BCUT2D eigenvalue weighted by Gasteiger charge is 2.22. The minimum Gasteiger partial charge on any atom is -0.491 e. The summed E-state index contributed by atoms with van der Waals surface area (Å²) in [6.07, 6.45) is 1.02. The number of fused-ring (bicyclic) bond motifs is 1. The van der Waals surface area contributed by atoms with Crippen LogP contribution in [0.1, 0.15) is 33.5 Å². The molecule has 1 aliphatic rings. The first kappa shape index (κ1) is 24.6. The molecule has 0 unspecified atom stereocenters. The van der Waals surface area contributed by atoms with Gasteiger partial charge in [0.15, 0.2) is 0 Å². The van der Waals surface area contributed by atoms with Crippen LogP contribution in [0.5, 0.6) is 23.0 Å². The van der Waals surface area contributed by atoms with Crippen molar-refractivity contribution in [2.45, 2.75) is 38.9 Å². The Morgan fingerprint density at radius 2 is 1.91 bits per heavy atom. The highest BCUT2D eigenvalue weighted by molar-refractivity contribution is 5.91. The van der Waals surface area contributed by atoms with Gasteiger partial charge in [-0.15, -0.1) is 0 Å². The highest BCUT2D eigenvalue weighted by atomic mass is 16.5. The van der Waals surface area contributed by atoms with E-state index in [1.54, 1.807) is 12.1 Å². The SMILES string of the molecule is Cc1cc(C)c(Oc2ccc3c(c2)CC[C@H](CNC[C@H](O)COc2ccccc2)O3)c(C(=O)O)c1. The summed E-state index contributed by atoms with van der Waals surface area (Å²) in [5, 5.41) is 23.0. The molecule has 0 fully saturated rings. The minimum atomic E-state index is -1.01. The quantitative estimate of drug-likeness (QED) is 0.395. The van der Waals surface area contributed by atoms with Crippen LogP contribution in [-0.2, 0) is 6.42 Å². The summed E-state index contributed by atoms with van der Waals surface area (Å²) in [6, 6.07) is 18.5. The molecule has 3 aromatic rings. The van der Waals surface area contributed by atoms with E-state index >= 15 is 0 Å². The molecular weight excluding hydrogens is 446 g/mol. The molecular formula is C28H31NO6. The second-order valence-corrected chi connectivity index (χ2v) is 8.85. The smallest absolute Gasteiger partial charge is 0.339 e. The second kappa shape index (κ2) is 11.3. The molecule has 184 valence electrons. The lowest BCUT2D eigenvalue weighted by Crippen LogP contribution is -2.39. The highest BCUT2D eigenvalue weighted by Crippen LogP contribution is 2.35. The first-order chi connectivity index (χ1) is 16.9. The molecule has 4 rings (SSSR count). The average Bonchev–Trinajstić information content (AvgIpc) is 2.84. The molecule has 3 aromatic carbocycles. The molecule has 0 radical (unpaired) electrons. The molecule has 0 bridgehead atoms. The Kier molecular flexibility index (Phi) is 7.90. The van der Waals surface area contributed by atoms with E-state index < -0.39 is 12.1 Å². The van der Waals surface area contributed by atoms with E-state index in [4.69, 9.17) is 14.2 Å². The standard InChI is InChI=1S/C28H31NO6/c1-18-12-19(2)27(25(13-18)28(31)32)35-23-10-11-26-20(14-23)8-9-24(34-26)16-29-15-21(30)17-33-22-6-4-3-5-7-22/h3-7,10-14,21,24,29-30H,8-9,15-17H2,1-2H3,(H,31,32)/t21-,24+/m0/s1. The maximum atomic E-state index is 11.7. The normalized spacial score (nSPS) is 15.6. The first-order valence-electron chi connectivity index (χ1n) is 11.8. The van der Waals surface area contributed by atoms with Crippen molar-refractivity contribution in [1.82, 2.24) is 5.32 Å². The summed E-state index contributed by atoms with van der Waals surface area (Å²) in [6.45, 7) is 4.96. The van der Waals surface area contributed by atoms with Gasteiger partial charge in [-0.05, 0) is 79.8 Å². The van der Waals surface area contributed by atoms with Crippen molar-refractivity contribution < 1.29 is 29.2 Å². The number of benzene rings is 3. The number of nitrogens with one attached hydrogen (secondary N) is 1. The van der Waals surface area contributed by atoms with E-state index in [0.717, 1.165) is 41.0 Å². The van der Waals surface area contributed by atoms with E-state index in [2.05, 4.69) is 5.32 Å². The average molecular weight is 478 g/mol. The number of aliphatic hydroxyl groups is 1. The Morgan fingerprint density at radius 1 is 1.11 bits per heavy atom. The van der Waals surface area contributed by atoms with Crippen LogP contribution in [0.15, 0.2) is 60.7 Å². The second-order valence-electron chi connectivity index (χ2n) is 8.85. The zero-order chi connectivity index (χ0) is 24.8. The fraction of sp³-hybridized carbons (Fsp3) is 0.321. The van der Waals surface area contributed by atoms with Crippen molar-refractivity contribution >= 4 is 5.97 Å². The molecule has 0 aliphatic carbocycles. The topological polar surface area (TPSA) is 97.3 Å². The number of hydrogen-bond acceptors (Lipinski definition) is 6. The third-order valence-corrected chi connectivity index (χ3v) is 5.87. The molecule has 0 aromatic heterocycles. The van der Waals surface area contributed by atoms with E-state index in [0.29, 0.717) is 24.6 Å². The van der Waals surface area contributed by atoms with Gasteiger partial charge in [-0.1, -0.05) is 24.3 Å². The van der Waals surface area contributed by atoms with Gasteiger partial charge in [0.1, 0.15) is 47.4 Å². The minimum absolute atomic E-state index is 0.00512. The van der Waals surface area contributed by atoms with Gasteiger partial charge in [0.2, 0.25) is 0 Å². The number of aromatic carboxylic acids is 1. The molecule has 7 nitrogen and oxygen atoms in total. The largest absolute Gasteiger partial charge is 0.491 e. The Morgan fingerprint density at radius 3 is 2.69 bits per heavy atom. The number of aliphatic hydroxyl groups excluding tert-OH is 1. The number of hydrogen-bond donors (Lipinski definition) is 3. The van der Waals surface area contributed by atoms with Crippen LogP contribution < -0.4 is 19.5 Å². The van der Waals surface area contributed by atoms with Crippen molar-refractivity contribution in [3.8, 4) is 23.0 Å². The lowest BCUT2D eigenvalue weighted by molar-refractivity contribution is 0.0693. The predicted molar refractivity (Wildman–Crippen MR) is 133 cm³/mol. The zero-order valence-corrected chi connectivity index (χ0v) is 20.0. The molecule has 35 heavy (non-hydrogen) atoms. The van der Waals surface area contributed by atoms with Crippen LogP contribution in [0.25, 0.3) is 0 Å². The summed E-state index contributed by atoms with van der Waals surface area (Å²) in [4.78, 5) is 11.7. The van der Waals surface area contributed by atoms with Crippen LogP contribution in [-0.4, -0.2) is 48.1 Å². The fourth-order valence-electron chi connectivity index (χ4n) is 4.17. The van der Waals surface area contributed by atoms with E-state index in [-0.39, 0.29) is 18.3 Å². The molecule has 0 spiro atoms. The maximum absolute atomic E-state index is 11.7. The molecule has 0 saturated carbocycles. The summed E-state index contributed by atoms with van der Waals surface area (Å²) in [5.74, 6) is 1.46. The lowest BCUT2D eigenvalue weighted by Gasteiger charge is -2.27. The van der Waals surface area contributed by atoms with Gasteiger partial charge < -0.3 is 29.7 Å². The van der Waals surface area contributed by atoms with Crippen molar-refractivity contribution in [3.63, 3.8) is 0 Å². The van der Waals surface area contributed by atoms with E-state index in [1.807, 2.05) is 62.4 Å². The van der Waals surface area contributed by atoms with Crippen molar-refractivity contribution in [2.24, 2.45) is 0 Å². The summed E-state index contributed by atoms with van der Waals surface area (Å²) in [5.41, 5.74) is 2.83. The lowest BCUT2D eigenvalue weighted by atomic mass is 10.0. The van der Waals surface area contributed by atoms with Gasteiger partial charge in [-0.25, -0.2) is 4.79 Å². The fourth-order valence-corrected chi connectivity index (χ4v) is 4.17. The predicted octanol–water partition coefficient (Wildman–Crippen LogP) is 4.52. The van der Waals surface area contributed by atoms with Gasteiger partial charge in [-0.3, -0.25) is 0 Å². The maximum Gasteiger partial charge on any atom is 0.339 e. The molecule has 1 heterocycles. The number of carbonyl (C=O) groups is 1. The van der Waals surface area contributed by atoms with Gasteiger partial charge in [-0.2, -0.15) is 0 Å². The summed E-state index contributed by atoms with van der Waals surface area (Å²) >= 11 is 0. The third kappa shape index (κ3) is 6.53. The number of carboxylic acids is 1. The van der Waals surface area contributed by atoms with Gasteiger partial charge in [0.05, 0.1) is 0 Å². The van der Waals surface area contributed by atoms with Crippen molar-refractivity contribution in [3.05, 3.63) is 82.9 Å². The van der Waals surface area contributed by atoms with E-state index in [9.17, 15) is 15.0 Å². The summed E-state index contributed by atoms with van der Waals surface area (Å²) in [7, 11) is 0. The Hall–Kier alpha value is -3.55. The van der Waals surface area contributed by atoms with Gasteiger partial charge >= 0.3 is 5.97 Å². The number of rotatable bonds is 10. The van der Waals surface area contributed by atoms with Gasteiger partial charge in [0, 0.05) is 13.1 Å². The van der Waals surface area contributed by atoms with Crippen LogP contribution in [0.2, 0.25) is 0 Å². The number of carboxylic acid groups (broad SMARTS) is 1. The van der Waals surface area contributed by atoms with Crippen LogP contribution in [0.3, 0.4) is 0 Å². The molecule has 0 amide bonds. The molecule has 3 N–H and O–H groups in total. The Balaban J connectivity index is 1.29. The molecule has 0 saturated heterocycles. The van der Waals surface area contributed by atoms with Crippen LogP contribution >= 0.6 is 0 Å². The monoisotopic (exact) mass is 477 g/mol. The molecule has 1 aliphatic heterocycles. The Bertz CT molecular complexity index is 1160. The van der Waals surface area contributed by atoms with Crippen molar-refractivity contribution in [1.29, 1.82) is 0 Å². The molecule has 7 heteroatoms. The number of para-hydroxylation sites is 1. The number of aryl methyl sites for hydroxylation is 3. The first-order valence-corrected chi connectivity index (χ1v) is 11.8. The Labute approximate surface area is 205 Å². The van der Waals surface area contributed by atoms with Crippen LogP contribution in [0, 0.1) is 13.8 Å². The number of ether oxygens (including phenoxy) is 3. The molecule has 2 atom stereocenters. The summed E-state index contributed by atoms with van der Waals surface area (Å²) < 4.78 is 17.7. The van der Waals surface area contributed by atoms with Crippen molar-refractivity contribution in [2.75, 3.05) is 19.7 Å². The third-order valence-electron chi connectivity index (χ3n) is 5.87. The zero-order valence-electron chi connectivity index (χ0n) is 20.0. The van der Waals surface area contributed by atoms with Gasteiger partial charge in [0.25, 0.3) is 0 Å². The van der Waals surface area contributed by atoms with Crippen LogP contribution in [0.4, 0.5) is 0 Å².